The first-order valence-corrected chi connectivity index (χ1v) is 9.74. The Morgan fingerprint density at radius 1 is 1.23 bits per heavy atom. The number of amides is 1. The molecule has 0 fully saturated rings. The summed E-state index contributed by atoms with van der Waals surface area (Å²) >= 11 is 0. The van der Waals surface area contributed by atoms with Gasteiger partial charge in [-0.2, -0.15) is 0 Å². The highest BCUT2D eigenvalue weighted by Gasteiger charge is 2.28. The third-order valence-corrected chi connectivity index (χ3v) is 5.41. The van der Waals surface area contributed by atoms with Crippen LogP contribution in [0, 0.1) is 5.82 Å². The second kappa shape index (κ2) is 7.35. The van der Waals surface area contributed by atoms with Gasteiger partial charge in [0.1, 0.15) is 11.4 Å². The number of H-pyrrole nitrogens is 2. The Balaban J connectivity index is 1.73. The summed E-state index contributed by atoms with van der Waals surface area (Å²) in [6.45, 7) is 0.539. The van der Waals surface area contributed by atoms with Gasteiger partial charge in [0, 0.05) is 35.8 Å². The van der Waals surface area contributed by atoms with Crippen LogP contribution in [0.2, 0.25) is 0 Å². The lowest BCUT2D eigenvalue weighted by atomic mass is 10.0. The summed E-state index contributed by atoms with van der Waals surface area (Å²) in [6, 6.07) is 6.48. The van der Waals surface area contributed by atoms with Gasteiger partial charge in [-0.15, -0.1) is 0 Å². The summed E-state index contributed by atoms with van der Waals surface area (Å²) in [6.07, 6.45) is 4.10. The second-order valence-electron chi connectivity index (χ2n) is 7.15. The Morgan fingerprint density at radius 3 is 2.90 bits per heavy atom. The first kappa shape index (κ1) is 19.0. The molecule has 1 aromatic carbocycles. The molecule has 5 rings (SSSR count). The molecule has 4 N–H and O–H groups in total. The molecule has 1 aliphatic heterocycles. The van der Waals surface area contributed by atoms with Gasteiger partial charge in [-0.05, 0) is 18.2 Å². The van der Waals surface area contributed by atoms with E-state index < -0.39 is 5.82 Å². The predicted molar refractivity (Wildman–Crippen MR) is 115 cm³/mol. The van der Waals surface area contributed by atoms with Crippen LogP contribution >= 0.6 is 0 Å². The Bertz CT molecular complexity index is 1310. The van der Waals surface area contributed by atoms with E-state index in [1.54, 1.807) is 25.4 Å². The molecule has 158 valence electrons. The van der Waals surface area contributed by atoms with Crippen molar-refractivity contribution in [3.63, 3.8) is 0 Å². The number of methoxy groups -OCH3 is 2. The number of aromatic nitrogens is 3. The third-order valence-electron chi connectivity index (χ3n) is 5.41. The monoisotopic (exact) mass is 421 g/mol. The minimum Gasteiger partial charge on any atom is -0.495 e. The number of pyridine rings is 1. The Kier molecular flexibility index (Phi) is 4.50. The van der Waals surface area contributed by atoms with Gasteiger partial charge in [-0.1, -0.05) is 6.07 Å². The minimum atomic E-state index is -0.496. The fourth-order valence-electron chi connectivity index (χ4n) is 3.96. The number of para-hydroxylation sites is 1. The topological polar surface area (TPSA) is 104 Å². The van der Waals surface area contributed by atoms with E-state index in [0.717, 1.165) is 16.6 Å². The van der Waals surface area contributed by atoms with Crippen LogP contribution in [0.1, 0.15) is 16.1 Å². The van der Waals surface area contributed by atoms with Crippen LogP contribution in [0.15, 0.2) is 36.7 Å². The van der Waals surface area contributed by atoms with Crippen molar-refractivity contribution < 1.29 is 18.7 Å². The fraction of sp³-hybridized carbons (Fsp3) is 0.182. The number of benzene rings is 1. The summed E-state index contributed by atoms with van der Waals surface area (Å²) in [7, 11) is 2.98. The smallest absolute Gasteiger partial charge is 0.255 e. The maximum Gasteiger partial charge on any atom is 0.255 e. The van der Waals surface area contributed by atoms with Crippen molar-refractivity contribution in [1.82, 2.24) is 20.3 Å². The van der Waals surface area contributed by atoms with Crippen LogP contribution in [0.4, 0.5) is 15.8 Å². The van der Waals surface area contributed by atoms with E-state index in [0.29, 0.717) is 47.0 Å². The number of rotatable bonds is 5. The lowest BCUT2D eigenvalue weighted by molar-refractivity contribution is 0.0947. The van der Waals surface area contributed by atoms with Gasteiger partial charge >= 0.3 is 0 Å². The van der Waals surface area contributed by atoms with Gasteiger partial charge in [-0.3, -0.25) is 4.79 Å². The zero-order chi connectivity index (χ0) is 21.5. The average molecular weight is 421 g/mol. The minimum absolute atomic E-state index is 0.0712. The molecule has 8 nitrogen and oxygen atoms in total. The molecular weight excluding hydrogens is 401 g/mol. The van der Waals surface area contributed by atoms with E-state index >= 15 is 0 Å². The number of fused-ring (bicyclic) bond motifs is 2. The standard InChI is InChI=1S/C22H20FN5O3/c1-30-11-8-12-13(10-26-21(12)25-9-11)18-19(17-15(27-18)6-7-24-22(17)29)28-16-5-3-4-14(23)20(16)31-2/h3-5,8-10,27-28H,6-7H2,1-2H3,(H,24,29)(H,25,26). The van der Waals surface area contributed by atoms with Gasteiger partial charge in [0.05, 0.1) is 43.0 Å². The highest BCUT2D eigenvalue weighted by Crippen LogP contribution is 2.41. The maximum absolute atomic E-state index is 14.3. The number of nitrogens with zero attached hydrogens (tertiary/aromatic N) is 1. The van der Waals surface area contributed by atoms with Crippen LogP contribution in [0.25, 0.3) is 22.3 Å². The molecule has 3 aromatic heterocycles. The van der Waals surface area contributed by atoms with E-state index in [4.69, 9.17) is 9.47 Å². The van der Waals surface area contributed by atoms with Crippen LogP contribution < -0.4 is 20.1 Å². The molecule has 0 atom stereocenters. The number of aromatic amines is 2. The summed E-state index contributed by atoms with van der Waals surface area (Å²) in [5.74, 6) is -0.00768. The number of nitrogens with one attached hydrogen (secondary N) is 4. The molecule has 0 radical (unpaired) electrons. The van der Waals surface area contributed by atoms with Crippen LogP contribution in [-0.2, 0) is 6.42 Å². The Labute approximate surface area is 176 Å². The van der Waals surface area contributed by atoms with Crippen molar-refractivity contribution in [2.24, 2.45) is 0 Å². The molecule has 0 aliphatic carbocycles. The highest BCUT2D eigenvalue weighted by molar-refractivity contribution is 6.08. The molecule has 1 amide bonds. The lowest BCUT2D eigenvalue weighted by Crippen LogP contribution is -2.31. The molecule has 4 aromatic rings. The van der Waals surface area contributed by atoms with Crippen molar-refractivity contribution in [3.8, 4) is 22.8 Å². The molecule has 0 bridgehead atoms. The highest BCUT2D eigenvalue weighted by atomic mass is 19.1. The number of hydrogen-bond donors (Lipinski definition) is 4. The Hall–Kier alpha value is -4.01. The van der Waals surface area contributed by atoms with Crippen LogP contribution in [0.3, 0.4) is 0 Å². The second-order valence-corrected chi connectivity index (χ2v) is 7.15. The van der Waals surface area contributed by atoms with Crippen molar-refractivity contribution in [2.45, 2.75) is 6.42 Å². The number of carbonyl (C=O) groups is 1. The average Bonchev–Trinajstić information content (AvgIpc) is 3.35. The van der Waals surface area contributed by atoms with E-state index in [1.165, 1.54) is 13.2 Å². The van der Waals surface area contributed by atoms with E-state index in [-0.39, 0.29) is 11.7 Å². The molecule has 0 saturated heterocycles. The van der Waals surface area contributed by atoms with E-state index in [2.05, 4.69) is 25.6 Å². The van der Waals surface area contributed by atoms with E-state index in [1.807, 2.05) is 12.3 Å². The third kappa shape index (κ3) is 3.05. The molecule has 4 heterocycles. The van der Waals surface area contributed by atoms with Crippen LogP contribution in [-0.4, -0.2) is 41.6 Å². The van der Waals surface area contributed by atoms with Gasteiger partial charge in [0.2, 0.25) is 0 Å². The Morgan fingerprint density at radius 2 is 2.10 bits per heavy atom. The maximum atomic E-state index is 14.3. The van der Waals surface area contributed by atoms with Gasteiger partial charge < -0.3 is 30.1 Å². The number of ether oxygens (including phenoxy) is 2. The van der Waals surface area contributed by atoms with E-state index in [9.17, 15) is 9.18 Å². The van der Waals surface area contributed by atoms with Gasteiger partial charge in [-0.25, -0.2) is 9.37 Å². The lowest BCUT2D eigenvalue weighted by Gasteiger charge is -2.16. The van der Waals surface area contributed by atoms with Crippen molar-refractivity contribution in [3.05, 3.63) is 53.7 Å². The molecule has 9 heteroatoms. The summed E-state index contributed by atoms with van der Waals surface area (Å²) in [4.78, 5) is 23.7. The molecular formula is C22H20FN5O3. The fourth-order valence-corrected chi connectivity index (χ4v) is 3.96. The SMILES string of the molecule is COc1cnc2[nH]cc(-c3[nH]c4c(c3Nc3cccc(F)c3OC)C(=O)NCC4)c2c1. The van der Waals surface area contributed by atoms with Crippen molar-refractivity contribution in [2.75, 3.05) is 26.1 Å². The summed E-state index contributed by atoms with van der Waals surface area (Å²) in [5, 5.41) is 6.93. The normalized spacial score (nSPS) is 13.1. The number of anilines is 2. The predicted octanol–water partition coefficient (Wildman–Crippen LogP) is 3.74. The molecule has 0 saturated carbocycles. The zero-order valence-corrected chi connectivity index (χ0v) is 16.9. The largest absolute Gasteiger partial charge is 0.495 e. The number of carbonyl (C=O) groups excluding carboxylic acids is 1. The van der Waals surface area contributed by atoms with Gasteiger partial charge in [0.25, 0.3) is 5.91 Å². The first-order valence-electron chi connectivity index (χ1n) is 9.74. The van der Waals surface area contributed by atoms with Crippen molar-refractivity contribution >= 4 is 28.3 Å². The summed E-state index contributed by atoms with van der Waals surface area (Å²) < 4.78 is 24.9. The first-order chi connectivity index (χ1) is 15.1. The molecule has 1 aliphatic rings. The molecule has 31 heavy (non-hydrogen) atoms. The van der Waals surface area contributed by atoms with Crippen molar-refractivity contribution in [1.29, 1.82) is 0 Å². The zero-order valence-electron chi connectivity index (χ0n) is 16.9. The number of hydrogen-bond acceptors (Lipinski definition) is 5. The van der Waals surface area contributed by atoms with Gasteiger partial charge in [0.15, 0.2) is 11.6 Å². The number of halogens is 1. The quantitative estimate of drug-likeness (QED) is 0.393. The van der Waals surface area contributed by atoms with Crippen LogP contribution in [0.5, 0.6) is 11.5 Å². The summed E-state index contributed by atoms with van der Waals surface area (Å²) in [5.41, 5.74) is 4.44. The molecule has 0 unspecified atom stereocenters. The molecule has 0 spiro atoms.